The Hall–Kier alpha value is -1.48. The Morgan fingerprint density at radius 1 is 1.19 bits per heavy atom. The Labute approximate surface area is 162 Å². The molecule has 1 saturated heterocycles. The number of morpholine rings is 1. The van der Waals surface area contributed by atoms with Gasteiger partial charge in [0.2, 0.25) is 15.9 Å². The molecule has 27 heavy (non-hydrogen) atoms. The number of nitrogens with zero attached hydrogens (tertiary/aromatic N) is 2. The smallest absolute Gasteiger partial charge is 0.243 e. The van der Waals surface area contributed by atoms with E-state index in [1.807, 2.05) is 19.1 Å². The predicted octanol–water partition coefficient (Wildman–Crippen LogP) is 1.07. The van der Waals surface area contributed by atoms with Gasteiger partial charge in [-0.3, -0.25) is 9.69 Å². The summed E-state index contributed by atoms with van der Waals surface area (Å²) < 4.78 is 32.2. The Morgan fingerprint density at radius 2 is 1.78 bits per heavy atom. The molecule has 0 aliphatic carbocycles. The summed E-state index contributed by atoms with van der Waals surface area (Å²) >= 11 is 0. The predicted molar refractivity (Wildman–Crippen MR) is 105 cm³/mol. The molecule has 0 unspecified atom stereocenters. The van der Waals surface area contributed by atoms with Crippen molar-refractivity contribution in [3.63, 3.8) is 0 Å². The lowest BCUT2D eigenvalue weighted by Crippen LogP contribution is -2.40. The van der Waals surface area contributed by atoms with E-state index in [4.69, 9.17) is 4.74 Å². The molecule has 1 aliphatic heterocycles. The summed E-state index contributed by atoms with van der Waals surface area (Å²) in [6.45, 7) is 10.1. The van der Waals surface area contributed by atoms with Crippen LogP contribution in [0.4, 0.5) is 0 Å². The normalized spacial score (nSPS) is 15.9. The van der Waals surface area contributed by atoms with E-state index in [1.54, 1.807) is 13.8 Å². The van der Waals surface area contributed by atoms with Crippen LogP contribution in [-0.4, -0.2) is 76.5 Å². The number of amides is 1. The van der Waals surface area contributed by atoms with E-state index in [1.165, 1.54) is 7.05 Å². The van der Waals surface area contributed by atoms with Gasteiger partial charge in [0.1, 0.15) is 0 Å². The van der Waals surface area contributed by atoms with E-state index in [0.29, 0.717) is 17.7 Å². The van der Waals surface area contributed by atoms with Gasteiger partial charge in [0.15, 0.2) is 0 Å². The molecule has 1 N–H and O–H groups in total. The maximum Gasteiger partial charge on any atom is 0.243 e. The zero-order valence-electron chi connectivity index (χ0n) is 16.7. The first-order chi connectivity index (χ1) is 12.7. The highest BCUT2D eigenvalue weighted by Crippen LogP contribution is 2.24. The third-order valence-electron chi connectivity index (χ3n) is 4.72. The van der Waals surface area contributed by atoms with Gasteiger partial charge in [0, 0.05) is 26.7 Å². The van der Waals surface area contributed by atoms with Gasteiger partial charge < -0.3 is 10.1 Å². The SMILES string of the molecule is Cc1cc(C)c(S(=O)(=O)N(C)CC(=O)NCCCN2CCOCC2)c(C)c1. The molecule has 0 radical (unpaired) electrons. The largest absolute Gasteiger partial charge is 0.379 e. The molecule has 0 spiro atoms. The first-order valence-corrected chi connectivity index (χ1v) is 10.8. The van der Waals surface area contributed by atoms with Crippen LogP contribution in [0.25, 0.3) is 0 Å². The summed E-state index contributed by atoms with van der Waals surface area (Å²) in [6, 6.07) is 3.69. The molecule has 1 heterocycles. The summed E-state index contributed by atoms with van der Waals surface area (Å²) in [5, 5.41) is 2.81. The molecule has 0 saturated carbocycles. The lowest BCUT2D eigenvalue weighted by molar-refractivity contribution is -0.121. The van der Waals surface area contributed by atoms with Crippen LogP contribution in [0.3, 0.4) is 0 Å². The van der Waals surface area contributed by atoms with Crippen LogP contribution in [0, 0.1) is 20.8 Å². The maximum atomic E-state index is 12.9. The molecular formula is C19H31N3O4S. The summed E-state index contributed by atoms with van der Waals surface area (Å²) in [6.07, 6.45) is 0.832. The fourth-order valence-electron chi connectivity index (χ4n) is 3.43. The molecule has 0 atom stereocenters. The first kappa shape index (κ1) is 21.8. The third kappa shape index (κ3) is 6.00. The molecule has 1 aromatic carbocycles. The van der Waals surface area contributed by atoms with Crippen molar-refractivity contribution in [1.82, 2.24) is 14.5 Å². The van der Waals surface area contributed by atoms with Crippen molar-refractivity contribution >= 4 is 15.9 Å². The lowest BCUT2D eigenvalue weighted by Gasteiger charge is -2.26. The van der Waals surface area contributed by atoms with Gasteiger partial charge in [0.25, 0.3) is 0 Å². The number of hydrogen-bond donors (Lipinski definition) is 1. The van der Waals surface area contributed by atoms with Gasteiger partial charge in [0.05, 0.1) is 24.7 Å². The average Bonchev–Trinajstić information content (AvgIpc) is 2.58. The molecule has 2 rings (SSSR count). The van der Waals surface area contributed by atoms with Gasteiger partial charge in [-0.05, 0) is 44.9 Å². The number of likely N-dealkylation sites (N-methyl/N-ethyl adjacent to an activating group) is 1. The quantitative estimate of drug-likeness (QED) is 0.664. The van der Waals surface area contributed by atoms with Gasteiger partial charge in [-0.15, -0.1) is 0 Å². The molecule has 1 aromatic rings. The number of rotatable bonds is 8. The van der Waals surface area contributed by atoms with Crippen LogP contribution in [0.5, 0.6) is 0 Å². The number of hydrogen-bond acceptors (Lipinski definition) is 5. The zero-order chi connectivity index (χ0) is 20.0. The minimum Gasteiger partial charge on any atom is -0.379 e. The maximum absolute atomic E-state index is 12.9. The number of carbonyl (C=O) groups excluding carboxylic acids is 1. The van der Waals surface area contributed by atoms with Crippen LogP contribution in [-0.2, 0) is 19.6 Å². The summed E-state index contributed by atoms with van der Waals surface area (Å²) in [4.78, 5) is 14.7. The van der Waals surface area contributed by atoms with Crippen LogP contribution >= 0.6 is 0 Å². The van der Waals surface area contributed by atoms with Crippen molar-refractivity contribution in [1.29, 1.82) is 0 Å². The van der Waals surface area contributed by atoms with E-state index < -0.39 is 10.0 Å². The average molecular weight is 398 g/mol. The molecular weight excluding hydrogens is 366 g/mol. The van der Waals surface area contributed by atoms with Crippen molar-refractivity contribution in [2.45, 2.75) is 32.1 Å². The highest BCUT2D eigenvalue weighted by atomic mass is 32.2. The molecule has 8 heteroatoms. The molecule has 7 nitrogen and oxygen atoms in total. The van der Waals surface area contributed by atoms with E-state index in [9.17, 15) is 13.2 Å². The molecule has 0 aromatic heterocycles. The van der Waals surface area contributed by atoms with Crippen LogP contribution in [0.1, 0.15) is 23.1 Å². The highest BCUT2D eigenvalue weighted by Gasteiger charge is 2.26. The van der Waals surface area contributed by atoms with Gasteiger partial charge in [-0.25, -0.2) is 8.42 Å². The number of nitrogens with one attached hydrogen (secondary N) is 1. The second-order valence-electron chi connectivity index (χ2n) is 7.15. The first-order valence-electron chi connectivity index (χ1n) is 9.33. The van der Waals surface area contributed by atoms with Crippen molar-refractivity contribution in [3.8, 4) is 0 Å². The standard InChI is InChI=1S/C19H31N3O4S/c1-15-12-16(2)19(17(3)13-15)27(24,25)21(4)14-18(23)20-6-5-7-22-8-10-26-11-9-22/h12-13H,5-11,14H2,1-4H3,(H,20,23). The minimum absolute atomic E-state index is 0.188. The van der Waals surface area contributed by atoms with Crippen molar-refractivity contribution in [2.75, 3.05) is 53.0 Å². The Balaban J connectivity index is 1.86. The summed E-state index contributed by atoms with van der Waals surface area (Å²) in [7, 11) is -2.26. The van der Waals surface area contributed by atoms with Crippen molar-refractivity contribution in [3.05, 3.63) is 28.8 Å². The van der Waals surface area contributed by atoms with Crippen LogP contribution in [0.2, 0.25) is 0 Å². The molecule has 1 amide bonds. The fraction of sp³-hybridized carbons (Fsp3) is 0.632. The highest BCUT2D eigenvalue weighted by molar-refractivity contribution is 7.89. The van der Waals surface area contributed by atoms with Crippen molar-refractivity contribution < 1.29 is 17.9 Å². The number of benzene rings is 1. The molecule has 1 aliphatic rings. The Kier molecular flexibility index (Phi) is 7.79. The second kappa shape index (κ2) is 9.64. The van der Waals surface area contributed by atoms with E-state index >= 15 is 0 Å². The Bertz CT molecular complexity index is 735. The summed E-state index contributed by atoms with van der Waals surface area (Å²) in [5.41, 5.74) is 2.42. The Morgan fingerprint density at radius 3 is 2.37 bits per heavy atom. The zero-order valence-corrected chi connectivity index (χ0v) is 17.6. The number of aryl methyl sites for hydroxylation is 3. The second-order valence-corrected chi connectivity index (χ2v) is 9.13. The number of sulfonamides is 1. The molecule has 1 fully saturated rings. The number of carbonyl (C=O) groups is 1. The molecule has 152 valence electrons. The van der Waals surface area contributed by atoms with Crippen molar-refractivity contribution in [2.24, 2.45) is 0 Å². The lowest BCUT2D eigenvalue weighted by atomic mass is 10.1. The number of ether oxygens (including phenoxy) is 1. The van der Waals surface area contributed by atoms with E-state index in [0.717, 1.165) is 49.1 Å². The third-order valence-corrected chi connectivity index (χ3v) is 6.83. The van der Waals surface area contributed by atoms with E-state index in [2.05, 4.69) is 10.2 Å². The van der Waals surface area contributed by atoms with Gasteiger partial charge in [-0.1, -0.05) is 17.7 Å². The van der Waals surface area contributed by atoms with Crippen LogP contribution in [0.15, 0.2) is 17.0 Å². The summed E-state index contributed by atoms with van der Waals surface area (Å²) in [5.74, 6) is -0.287. The topological polar surface area (TPSA) is 79.0 Å². The van der Waals surface area contributed by atoms with Gasteiger partial charge >= 0.3 is 0 Å². The molecule has 0 bridgehead atoms. The minimum atomic E-state index is -3.71. The van der Waals surface area contributed by atoms with Crippen LogP contribution < -0.4 is 5.32 Å². The fourth-order valence-corrected chi connectivity index (χ4v) is 4.96. The monoisotopic (exact) mass is 397 g/mol. The van der Waals surface area contributed by atoms with Gasteiger partial charge in [-0.2, -0.15) is 4.31 Å². The van der Waals surface area contributed by atoms with E-state index in [-0.39, 0.29) is 17.3 Å².